The Bertz CT molecular complexity index is 915. The van der Waals surface area contributed by atoms with E-state index in [2.05, 4.69) is 15.9 Å². The molecule has 0 aliphatic carbocycles. The van der Waals surface area contributed by atoms with Crippen LogP contribution in [0.5, 0.6) is 0 Å². The maximum Gasteiger partial charge on any atom is 0.255 e. The summed E-state index contributed by atoms with van der Waals surface area (Å²) in [6.45, 7) is 1.86. The lowest BCUT2D eigenvalue weighted by atomic mass is 10.00. The third-order valence-electron chi connectivity index (χ3n) is 5.40. The number of rotatable bonds is 2. The number of carbonyl (C=O) groups excluding carboxylic acids is 2. The van der Waals surface area contributed by atoms with Gasteiger partial charge >= 0.3 is 0 Å². The minimum absolute atomic E-state index is 0.0159. The van der Waals surface area contributed by atoms with Crippen LogP contribution in [0.15, 0.2) is 53.0 Å². The van der Waals surface area contributed by atoms with Gasteiger partial charge in [0.1, 0.15) is 5.82 Å². The average Bonchev–Trinajstić information content (AvgIpc) is 3.10. The molecular formula is C21H20BrFN2O2S. The van der Waals surface area contributed by atoms with Gasteiger partial charge in [0.25, 0.3) is 11.8 Å². The summed E-state index contributed by atoms with van der Waals surface area (Å²) in [6.07, 6.45) is 1.44. The minimum Gasteiger partial charge on any atom is -0.338 e. The molecule has 146 valence electrons. The van der Waals surface area contributed by atoms with Gasteiger partial charge in [-0.1, -0.05) is 28.1 Å². The van der Waals surface area contributed by atoms with Crippen LogP contribution in [0.2, 0.25) is 0 Å². The summed E-state index contributed by atoms with van der Waals surface area (Å²) in [7, 11) is 0. The lowest BCUT2D eigenvalue weighted by Crippen LogP contribution is -2.53. The van der Waals surface area contributed by atoms with E-state index in [-0.39, 0.29) is 16.7 Å². The van der Waals surface area contributed by atoms with Gasteiger partial charge in [-0.3, -0.25) is 9.59 Å². The zero-order valence-electron chi connectivity index (χ0n) is 15.2. The number of halogens is 2. The third kappa shape index (κ3) is 3.70. The number of thioether (sulfide) groups is 1. The maximum absolute atomic E-state index is 13.6. The van der Waals surface area contributed by atoms with Crippen LogP contribution in [0.4, 0.5) is 4.39 Å². The lowest BCUT2D eigenvalue weighted by molar-refractivity contribution is 0.0497. The Labute approximate surface area is 176 Å². The van der Waals surface area contributed by atoms with Crippen LogP contribution in [0.25, 0.3) is 0 Å². The van der Waals surface area contributed by atoms with Gasteiger partial charge < -0.3 is 9.80 Å². The number of hydrogen-bond acceptors (Lipinski definition) is 3. The van der Waals surface area contributed by atoms with E-state index in [0.717, 1.165) is 23.1 Å². The van der Waals surface area contributed by atoms with Crippen LogP contribution >= 0.6 is 27.7 Å². The van der Waals surface area contributed by atoms with Gasteiger partial charge in [-0.05, 0) is 49.2 Å². The van der Waals surface area contributed by atoms with Gasteiger partial charge in [0, 0.05) is 41.0 Å². The Hall–Kier alpha value is -1.86. The summed E-state index contributed by atoms with van der Waals surface area (Å²) >= 11 is 5.19. The van der Waals surface area contributed by atoms with Crippen molar-refractivity contribution in [1.82, 2.24) is 9.80 Å². The molecule has 2 fully saturated rings. The fourth-order valence-electron chi connectivity index (χ4n) is 3.95. The van der Waals surface area contributed by atoms with Gasteiger partial charge in [-0.2, -0.15) is 0 Å². The van der Waals surface area contributed by atoms with Crippen molar-refractivity contribution in [3.05, 3.63) is 69.9 Å². The van der Waals surface area contributed by atoms with E-state index in [1.807, 2.05) is 34.1 Å². The molecular weight excluding hydrogens is 443 g/mol. The molecule has 28 heavy (non-hydrogen) atoms. The molecule has 2 aliphatic rings. The fourth-order valence-corrected chi connectivity index (χ4v) is 5.80. The van der Waals surface area contributed by atoms with E-state index in [9.17, 15) is 14.0 Å². The Kier molecular flexibility index (Phi) is 5.47. The highest BCUT2D eigenvalue weighted by Crippen LogP contribution is 2.44. The number of hydrogen-bond donors (Lipinski definition) is 0. The quantitative estimate of drug-likeness (QED) is 0.663. The topological polar surface area (TPSA) is 40.6 Å². The molecule has 0 bridgehead atoms. The SMILES string of the molecule is O=C(c1cccc(Br)c1)N1CCC2(CC1)SCCN2C(=O)c1cccc(F)c1. The second-order valence-corrected chi connectivity index (χ2v) is 9.44. The first-order valence-corrected chi connectivity index (χ1v) is 11.0. The lowest BCUT2D eigenvalue weighted by Gasteiger charge is -2.44. The molecule has 0 radical (unpaired) electrons. The second kappa shape index (κ2) is 7.87. The van der Waals surface area contributed by atoms with Crippen LogP contribution in [0.3, 0.4) is 0 Å². The zero-order chi connectivity index (χ0) is 19.7. The molecule has 4 rings (SSSR count). The van der Waals surface area contributed by atoms with Crippen molar-refractivity contribution in [2.45, 2.75) is 17.7 Å². The molecule has 0 aromatic heterocycles. The molecule has 1 spiro atoms. The summed E-state index contributed by atoms with van der Waals surface area (Å²) < 4.78 is 14.4. The fraction of sp³-hybridized carbons (Fsp3) is 0.333. The van der Waals surface area contributed by atoms with Crippen molar-refractivity contribution in [2.75, 3.05) is 25.4 Å². The first-order valence-electron chi connectivity index (χ1n) is 9.25. The molecule has 7 heteroatoms. The third-order valence-corrected chi connectivity index (χ3v) is 7.44. The van der Waals surface area contributed by atoms with Crippen molar-refractivity contribution in [2.24, 2.45) is 0 Å². The van der Waals surface area contributed by atoms with Crippen LogP contribution in [-0.4, -0.2) is 51.9 Å². The van der Waals surface area contributed by atoms with Crippen molar-refractivity contribution >= 4 is 39.5 Å². The van der Waals surface area contributed by atoms with E-state index in [4.69, 9.17) is 0 Å². The molecule has 2 aromatic rings. The molecule has 2 amide bonds. The van der Waals surface area contributed by atoms with Crippen LogP contribution in [0, 0.1) is 5.82 Å². The molecule has 0 saturated carbocycles. The summed E-state index contributed by atoms with van der Waals surface area (Å²) in [4.78, 5) is 29.2. The van der Waals surface area contributed by atoms with Gasteiger partial charge in [0.2, 0.25) is 0 Å². The van der Waals surface area contributed by atoms with Crippen molar-refractivity contribution in [1.29, 1.82) is 0 Å². The first kappa shape index (κ1) is 19.5. The molecule has 2 aromatic carbocycles. The summed E-state index contributed by atoms with van der Waals surface area (Å²) in [5.41, 5.74) is 1.05. The van der Waals surface area contributed by atoms with Crippen LogP contribution < -0.4 is 0 Å². The van der Waals surface area contributed by atoms with E-state index >= 15 is 0 Å². The minimum atomic E-state index is -0.402. The highest BCUT2D eigenvalue weighted by atomic mass is 79.9. The van der Waals surface area contributed by atoms with Gasteiger partial charge in [0.05, 0.1) is 4.87 Å². The monoisotopic (exact) mass is 462 g/mol. The Morgan fingerprint density at radius 3 is 2.32 bits per heavy atom. The number of nitrogens with zero attached hydrogens (tertiary/aromatic N) is 2. The number of amides is 2. The molecule has 0 N–H and O–H groups in total. The van der Waals surface area contributed by atoms with Crippen LogP contribution in [0.1, 0.15) is 33.6 Å². The van der Waals surface area contributed by atoms with Gasteiger partial charge in [-0.15, -0.1) is 11.8 Å². The number of benzene rings is 2. The van der Waals surface area contributed by atoms with E-state index in [1.54, 1.807) is 23.9 Å². The summed E-state index contributed by atoms with van der Waals surface area (Å²) in [5.74, 6) is 0.347. The molecule has 2 saturated heterocycles. The predicted octanol–water partition coefficient (Wildman–Crippen LogP) is 4.41. The normalized spacial score (nSPS) is 18.5. The number of carbonyl (C=O) groups is 2. The van der Waals surface area contributed by atoms with Crippen molar-refractivity contribution in [3.63, 3.8) is 0 Å². The molecule has 0 unspecified atom stereocenters. The van der Waals surface area contributed by atoms with E-state index in [0.29, 0.717) is 30.8 Å². The van der Waals surface area contributed by atoms with Gasteiger partial charge in [-0.25, -0.2) is 4.39 Å². The molecule has 2 aliphatic heterocycles. The second-order valence-electron chi connectivity index (χ2n) is 7.06. The Balaban J connectivity index is 1.48. The highest BCUT2D eigenvalue weighted by Gasteiger charge is 2.47. The first-order chi connectivity index (χ1) is 13.5. The summed E-state index contributed by atoms with van der Waals surface area (Å²) in [5, 5.41) is 0. The standard InChI is InChI=1S/C21H20BrFN2O2S/c22-17-5-1-3-15(13-17)19(26)24-9-7-21(8-10-24)25(11-12-28-21)20(27)16-4-2-6-18(23)14-16/h1-6,13-14H,7-12H2. The van der Waals surface area contributed by atoms with Gasteiger partial charge in [0.15, 0.2) is 0 Å². The average molecular weight is 463 g/mol. The number of piperidine rings is 1. The Morgan fingerprint density at radius 2 is 1.64 bits per heavy atom. The zero-order valence-corrected chi connectivity index (χ0v) is 17.6. The molecule has 0 atom stereocenters. The number of likely N-dealkylation sites (tertiary alicyclic amines) is 1. The van der Waals surface area contributed by atoms with Crippen LogP contribution in [-0.2, 0) is 0 Å². The maximum atomic E-state index is 13.6. The largest absolute Gasteiger partial charge is 0.338 e. The smallest absolute Gasteiger partial charge is 0.255 e. The molecule has 4 nitrogen and oxygen atoms in total. The van der Waals surface area contributed by atoms with E-state index < -0.39 is 5.82 Å². The molecule has 2 heterocycles. The van der Waals surface area contributed by atoms with Crippen molar-refractivity contribution in [3.8, 4) is 0 Å². The highest BCUT2D eigenvalue weighted by molar-refractivity contribution is 9.10. The Morgan fingerprint density at radius 1 is 0.964 bits per heavy atom. The predicted molar refractivity (Wildman–Crippen MR) is 112 cm³/mol. The van der Waals surface area contributed by atoms with E-state index in [1.165, 1.54) is 12.1 Å². The summed E-state index contributed by atoms with van der Waals surface area (Å²) in [6, 6.07) is 13.3. The van der Waals surface area contributed by atoms with Crippen molar-refractivity contribution < 1.29 is 14.0 Å².